The zero-order valence-corrected chi connectivity index (χ0v) is 5.96. The van der Waals surface area contributed by atoms with Crippen LogP contribution >= 0.6 is 0 Å². The second kappa shape index (κ2) is 4.56. The number of hydrogen-bond acceptors (Lipinski definition) is 2. The minimum Gasteiger partial charge on any atom is -0.497 e. The van der Waals surface area contributed by atoms with Crippen molar-refractivity contribution in [2.75, 3.05) is 7.11 Å². The quantitative estimate of drug-likeness (QED) is 0.254. The van der Waals surface area contributed by atoms with Crippen molar-refractivity contribution in [3.05, 3.63) is 36.6 Å². The van der Waals surface area contributed by atoms with Crippen molar-refractivity contribution < 1.29 is 9.53 Å². The fourth-order valence-electron chi connectivity index (χ4n) is 0.418. The lowest BCUT2D eigenvalue weighted by Gasteiger charge is -1.96. The molecule has 0 saturated carbocycles. The summed E-state index contributed by atoms with van der Waals surface area (Å²) in [5.41, 5.74) is 0.372. The van der Waals surface area contributed by atoms with E-state index in [1.807, 2.05) is 0 Å². The molecule has 0 aliphatic heterocycles. The lowest BCUT2D eigenvalue weighted by Crippen LogP contribution is -1.83. The van der Waals surface area contributed by atoms with Gasteiger partial charge in [0.25, 0.3) is 0 Å². The topological polar surface area (TPSA) is 26.3 Å². The van der Waals surface area contributed by atoms with Crippen LogP contribution < -0.4 is 0 Å². The molecule has 0 N–H and O–H groups in total. The molecule has 0 unspecified atom stereocenters. The highest BCUT2D eigenvalue weighted by atomic mass is 16.5. The Kier molecular flexibility index (Phi) is 3.96. The Bertz CT molecular complexity index is 178. The zero-order chi connectivity index (χ0) is 7.98. The van der Waals surface area contributed by atoms with Crippen LogP contribution in [-0.2, 0) is 9.53 Å². The molecule has 0 radical (unpaired) electrons. The van der Waals surface area contributed by atoms with Crippen LogP contribution in [-0.4, -0.2) is 13.4 Å². The summed E-state index contributed by atoms with van der Waals surface area (Å²) < 4.78 is 4.80. The van der Waals surface area contributed by atoms with Gasteiger partial charge in [0.2, 0.25) is 0 Å². The first-order chi connectivity index (χ1) is 4.74. The molecule has 10 heavy (non-hydrogen) atoms. The van der Waals surface area contributed by atoms with Crippen molar-refractivity contribution in [2.45, 2.75) is 0 Å². The standard InChI is InChI=1S/C8H10O2/c1-4-8(10-3)5-7(2)6-9/h4-6H,1-2H2,3H3/b8-5+. The maximum atomic E-state index is 10.0. The second-order valence-corrected chi connectivity index (χ2v) is 1.65. The first-order valence-corrected chi connectivity index (χ1v) is 2.76. The fourth-order valence-corrected chi connectivity index (χ4v) is 0.418. The molecule has 0 aliphatic carbocycles. The molecule has 0 fully saturated rings. The third-order valence-corrected chi connectivity index (χ3v) is 0.916. The number of carbonyl (C=O) groups excluding carboxylic acids is 1. The third-order valence-electron chi connectivity index (χ3n) is 0.916. The average Bonchev–Trinajstić information content (AvgIpc) is 1.99. The third kappa shape index (κ3) is 2.87. The van der Waals surface area contributed by atoms with Gasteiger partial charge in [-0.2, -0.15) is 0 Å². The van der Waals surface area contributed by atoms with Gasteiger partial charge in [0, 0.05) is 5.57 Å². The number of methoxy groups -OCH3 is 1. The van der Waals surface area contributed by atoms with Crippen LogP contribution in [0, 0.1) is 0 Å². The van der Waals surface area contributed by atoms with Crippen molar-refractivity contribution in [2.24, 2.45) is 0 Å². The molecule has 0 amide bonds. The molecule has 0 aromatic carbocycles. The summed E-state index contributed by atoms with van der Waals surface area (Å²) in [4.78, 5) is 10.0. The Labute approximate surface area is 60.5 Å². The Hall–Kier alpha value is -1.31. The summed E-state index contributed by atoms with van der Waals surface area (Å²) in [7, 11) is 1.51. The molecule has 0 spiro atoms. The van der Waals surface area contributed by atoms with Gasteiger partial charge in [0.1, 0.15) is 12.0 Å². The Morgan fingerprint density at radius 3 is 2.50 bits per heavy atom. The van der Waals surface area contributed by atoms with E-state index in [2.05, 4.69) is 13.2 Å². The number of carbonyl (C=O) groups is 1. The van der Waals surface area contributed by atoms with Gasteiger partial charge in [-0.1, -0.05) is 13.2 Å². The highest BCUT2D eigenvalue weighted by Gasteiger charge is 1.88. The molecule has 0 aliphatic rings. The van der Waals surface area contributed by atoms with Crippen LogP contribution in [0.3, 0.4) is 0 Å². The fraction of sp³-hybridized carbons (Fsp3) is 0.125. The molecule has 0 aromatic rings. The van der Waals surface area contributed by atoms with Crippen LogP contribution in [0.1, 0.15) is 0 Å². The SMILES string of the molecule is C=C/C(=C\C(=C)C=O)OC. The van der Waals surface area contributed by atoms with Gasteiger partial charge < -0.3 is 4.74 Å². The largest absolute Gasteiger partial charge is 0.497 e. The van der Waals surface area contributed by atoms with Crippen molar-refractivity contribution in [1.29, 1.82) is 0 Å². The molecule has 0 aromatic heterocycles. The lowest BCUT2D eigenvalue weighted by molar-refractivity contribution is -0.104. The summed E-state index contributed by atoms with van der Waals surface area (Å²) in [5.74, 6) is 0.539. The minimum atomic E-state index is 0.372. The average molecular weight is 138 g/mol. The highest BCUT2D eigenvalue weighted by Crippen LogP contribution is 1.99. The molecule has 0 atom stereocenters. The van der Waals surface area contributed by atoms with Gasteiger partial charge in [-0.15, -0.1) is 0 Å². The van der Waals surface area contributed by atoms with E-state index >= 15 is 0 Å². The van der Waals surface area contributed by atoms with Gasteiger partial charge in [0.05, 0.1) is 7.11 Å². The zero-order valence-electron chi connectivity index (χ0n) is 5.96. The Balaban J connectivity index is 4.23. The minimum absolute atomic E-state index is 0.372. The summed E-state index contributed by atoms with van der Waals surface area (Å²) in [6, 6.07) is 0. The van der Waals surface area contributed by atoms with Crippen LogP contribution in [0.25, 0.3) is 0 Å². The van der Waals surface area contributed by atoms with E-state index in [1.165, 1.54) is 19.3 Å². The lowest BCUT2D eigenvalue weighted by atomic mass is 10.3. The van der Waals surface area contributed by atoms with Gasteiger partial charge in [-0.05, 0) is 12.2 Å². The van der Waals surface area contributed by atoms with E-state index in [0.717, 1.165) is 0 Å². The van der Waals surface area contributed by atoms with Gasteiger partial charge in [0.15, 0.2) is 0 Å². The number of allylic oxidation sites excluding steroid dienone is 3. The molecular weight excluding hydrogens is 128 g/mol. The molecule has 54 valence electrons. The van der Waals surface area contributed by atoms with E-state index in [-0.39, 0.29) is 0 Å². The summed E-state index contributed by atoms with van der Waals surface area (Å²) in [5, 5.41) is 0. The Morgan fingerprint density at radius 2 is 2.20 bits per heavy atom. The molecule has 0 saturated heterocycles. The molecule has 0 heterocycles. The van der Waals surface area contributed by atoms with E-state index in [9.17, 15) is 4.79 Å². The highest BCUT2D eigenvalue weighted by molar-refractivity contribution is 5.76. The summed E-state index contributed by atoms with van der Waals surface area (Å²) in [6.07, 6.45) is 3.68. The van der Waals surface area contributed by atoms with E-state index in [0.29, 0.717) is 17.6 Å². The number of hydrogen-bond donors (Lipinski definition) is 0. The van der Waals surface area contributed by atoms with Crippen LogP contribution in [0.2, 0.25) is 0 Å². The van der Waals surface area contributed by atoms with Crippen molar-refractivity contribution in [3.8, 4) is 0 Å². The number of aldehydes is 1. The Morgan fingerprint density at radius 1 is 1.60 bits per heavy atom. The smallest absolute Gasteiger partial charge is 0.149 e. The number of ether oxygens (including phenoxy) is 1. The first-order valence-electron chi connectivity index (χ1n) is 2.76. The number of rotatable bonds is 4. The maximum absolute atomic E-state index is 10.0. The monoisotopic (exact) mass is 138 g/mol. The van der Waals surface area contributed by atoms with E-state index < -0.39 is 0 Å². The predicted octanol–water partition coefficient (Wildman–Crippen LogP) is 1.46. The van der Waals surface area contributed by atoms with Crippen molar-refractivity contribution >= 4 is 6.29 Å². The molecule has 2 heteroatoms. The van der Waals surface area contributed by atoms with E-state index in [1.54, 1.807) is 0 Å². The maximum Gasteiger partial charge on any atom is 0.149 e. The van der Waals surface area contributed by atoms with Crippen molar-refractivity contribution in [3.63, 3.8) is 0 Å². The molecular formula is C8H10O2. The van der Waals surface area contributed by atoms with Gasteiger partial charge in [-0.3, -0.25) is 4.79 Å². The van der Waals surface area contributed by atoms with Gasteiger partial charge in [-0.25, -0.2) is 0 Å². The normalized spacial score (nSPS) is 10.3. The van der Waals surface area contributed by atoms with Crippen LogP contribution in [0.4, 0.5) is 0 Å². The van der Waals surface area contributed by atoms with Crippen LogP contribution in [0.15, 0.2) is 36.6 Å². The molecule has 0 bridgehead atoms. The predicted molar refractivity (Wildman–Crippen MR) is 40.5 cm³/mol. The summed E-state index contributed by atoms with van der Waals surface area (Å²) >= 11 is 0. The first kappa shape index (κ1) is 8.69. The molecule has 2 nitrogen and oxygen atoms in total. The van der Waals surface area contributed by atoms with Crippen molar-refractivity contribution in [1.82, 2.24) is 0 Å². The summed E-state index contributed by atoms with van der Waals surface area (Å²) in [6.45, 7) is 6.91. The van der Waals surface area contributed by atoms with Gasteiger partial charge >= 0.3 is 0 Å². The van der Waals surface area contributed by atoms with Crippen LogP contribution in [0.5, 0.6) is 0 Å². The molecule has 0 rings (SSSR count). The second-order valence-electron chi connectivity index (χ2n) is 1.65. The van der Waals surface area contributed by atoms with E-state index in [4.69, 9.17) is 4.74 Å².